The van der Waals surface area contributed by atoms with Crippen LogP contribution in [-0.2, 0) is 10.0 Å². The highest BCUT2D eigenvalue weighted by Crippen LogP contribution is 2.24. The van der Waals surface area contributed by atoms with E-state index in [4.69, 9.17) is 0 Å². The maximum Gasteiger partial charge on any atom is 0.253 e. The SMILES string of the molecule is CC(NC(=O)c1ccccc1N(C)S(C)(=O)=O)c1ccc2ccccc2c1. The lowest BCUT2D eigenvalue weighted by Gasteiger charge is -2.21. The Balaban J connectivity index is 1.86. The Bertz CT molecular complexity index is 1090. The molecule has 0 bridgehead atoms. The lowest BCUT2D eigenvalue weighted by atomic mass is 10.0. The van der Waals surface area contributed by atoms with Crippen molar-refractivity contribution in [2.45, 2.75) is 13.0 Å². The van der Waals surface area contributed by atoms with Crippen molar-refractivity contribution in [1.29, 1.82) is 0 Å². The second-order valence-electron chi connectivity index (χ2n) is 6.55. The standard InChI is InChI=1S/C21H22N2O3S/c1-15(17-13-12-16-8-4-5-9-18(16)14-17)22-21(24)19-10-6-7-11-20(19)23(2)27(3,25)26/h4-15H,1-3H3,(H,22,24). The average molecular weight is 382 g/mol. The van der Waals surface area contributed by atoms with Crippen molar-refractivity contribution in [3.05, 3.63) is 77.9 Å². The second-order valence-corrected chi connectivity index (χ2v) is 8.56. The molecule has 0 aliphatic heterocycles. The van der Waals surface area contributed by atoms with Crippen LogP contribution in [0.1, 0.15) is 28.9 Å². The predicted molar refractivity (Wildman–Crippen MR) is 110 cm³/mol. The van der Waals surface area contributed by atoms with E-state index in [0.29, 0.717) is 11.3 Å². The van der Waals surface area contributed by atoms with E-state index >= 15 is 0 Å². The van der Waals surface area contributed by atoms with Gasteiger partial charge in [-0.25, -0.2) is 8.42 Å². The van der Waals surface area contributed by atoms with Crippen LogP contribution >= 0.6 is 0 Å². The van der Waals surface area contributed by atoms with Crippen LogP contribution in [-0.4, -0.2) is 27.6 Å². The zero-order valence-electron chi connectivity index (χ0n) is 15.5. The number of nitrogens with one attached hydrogen (secondary N) is 1. The van der Waals surface area contributed by atoms with E-state index in [1.807, 2.05) is 43.3 Å². The molecule has 0 aromatic heterocycles. The Hall–Kier alpha value is -2.86. The molecular formula is C21H22N2O3S. The van der Waals surface area contributed by atoms with E-state index < -0.39 is 10.0 Å². The van der Waals surface area contributed by atoms with Crippen LogP contribution in [0, 0.1) is 0 Å². The maximum absolute atomic E-state index is 12.8. The van der Waals surface area contributed by atoms with Gasteiger partial charge < -0.3 is 5.32 Å². The summed E-state index contributed by atoms with van der Waals surface area (Å²) in [6.07, 6.45) is 1.11. The van der Waals surface area contributed by atoms with Crippen LogP contribution in [0.2, 0.25) is 0 Å². The highest BCUT2D eigenvalue weighted by atomic mass is 32.2. The third-order valence-corrected chi connectivity index (χ3v) is 5.80. The number of benzene rings is 3. The molecular weight excluding hydrogens is 360 g/mol. The molecule has 0 spiro atoms. The predicted octanol–water partition coefficient (Wildman–Crippen LogP) is 3.73. The fraction of sp³-hybridized carbons (Fsp3) is 0.190. The van der Waals surface area contributed by atoms with Crippen LogP contribution in [0.5, 0.6) is 0 Å². The number of hydrogen-bond acceptors (Lipinski definition) is 3. The normalized spacial score (nSPS) is 12.6. The zero-order chi connectivity index (χ0) is 19.6. The summed E-state index contributed by atoms with van der Waals surface area (Å²) in [5.74, 6) is -0.318. The molecule has 3 aromatic carbocycles. The number of carbonyl (C=O) groups is 1. The molecule has 1 unspecified atom stereocenters. The summed E-state index contributed by atoms with van der Waals surface area (Å²) in [6.45, 7) is 1.91. The van der Waals surface area contributed by atoms with Gasteiger partial charge in [0.25, 0.3) is 5.91 Å². The van der Waals surface area contributed by atoms with Crippen molar-refractivity contribution >= 4 is 32.4 Å². The summed E-state index contributed by atoms with van der Waals surface area (Å²) in [5.41, 5.74) is 1.65. The average Bonchev–Trinajstić information content (AvgIpc) is 2.66. The fourth-order valence-electron chi connectivity index (χ4n) is 2.95. The Morgan fingerprint density at radius 2 is 1.59 bits per heavy atom. The zero-order valence-corrected chi connectivity index (χ0v) is 16.3. The van der Waals surface area contributed by atoms with Gasteiger partial charge in [-0.1, -0.05) is 48.5 Å². The summed E-state index contributed by atoms with van der Waals surface area (Å²) in [4.78, 5) is 12.8. The van der Waals surface area contributed by atoms with Gasteiger partial charge in [0.1, 0.15) is 0 Å². The van der Waals surface area contributed by atoms with Crippen molar-refractivity contribution in [2.75, 3.05) is 17.6 Å². The number of nitrogens with zero attached hydrogens (tertiary/aromatic N) is 1. The summed E-state index contributed by atoms with van der Waals surface area (Å²) in [5, 5.41) is 5.21. The van der Waals surface area contributed by atoms with Crippen molar-refractivity contribution in [1.82, 2.24) is 5.32 Å². The first-order valence-electron chi connectivity index (χ1n) is 8.60. The number of fused-ring (bicyclic) bond motifs is 1. The molecule has 6 heteroatoms. The van der Waals surface area contributed by atoms with E-state index in [2.05, 4.69) is 11.4 Å². The van der Waals surface area contributed by atoms with Crippen molar-refractivity contribution in [3.63, 3.8) is 0 Å². The van der Waals surface area contributed by atoms with E-state index in [9.17, 15) is 13.2 Å². The third kappa shape index (κ3) is 4.11. The Labute approximate surface area is 159 Å². The summed E-state index contributed by atoms with van der Waals surface area (Å²) in [6, 6.07) is 20.6. The Kier molecular flexibility index (Phi) is 5.19. The molecule has 3 aromatic rings. The molecule has 27 heavy (non-hydrogen) atoms. The lowest BCUT2D eigenvalue weighted by molar-refractivity contribution is 0.0940. The largest absolute Gasteiger partial charge is 0.345 e. The van der Waals surface area contributed by atoms with Crippen LogP contribution in [0.25, 0.3) is 10.8 Å². The Morgan fingerprint density at radius 3 is 2.30 bits per heavy atom. The molecule has 1 amide bonds. The molecule has 0 fully saturated rings. The van der Waals surface area contributed by atoms with Gasteiger partial charge in [-0.05, 0) is 41.5 Å². The van der Waals surface area contributed by atoms with Gasteiger partial charge >= 0.3 is 0 Å². The second kappa shape index (κ2) is 7.40. The van der Waals surface area contributed by atoms with Crippen LogP contribution in [0.3, 0.4) is 0 Å². The molecule has 0 aliphatic carbocycles. The summed E-state index contributed by atoms with van der Waals surface area (Å²) >= 11 is 0. The molecule has 1 N–H and O–H groups in total. The van der Waals surface area contributed by atoms with Crippen LogP contribution in [0.4, 0.5) is 5.69 Å². The smallest absolute Gasteiger partial charge is 0.253 e. The highest BCUT2D eigenvalue weighted by molar-refractivity contribution is 7.92. The number of carbonyl (C=O) groups excluding carboxylic acids is 1. The monoisotopic (exact) mass is 382 g/mol. The first-order valence-corrected chi connectivity index (χ1v) is 10.4. The first-order chi connectivity index (χ1) is 12.8. The highest BCUT2D eigenvalue weighted by Gasteiger charge is 2.20. The number of hydrogen-bond donors (Lipinski definition) is 1. The topological polar surface area (TPSA) is 66.5 Å². The van der Waals surface area contributed by atoms with Crippen molar-refractivity contribution < 1.29 is 13.2 Å². The minimum Gasteiger partial charge on any atom is -0.345 e. The van der Waals surface area contributed by atoms with Gasteiger partial charge in [-0.3, -0.25) is 9.10 Å². The third-order valence-electron chi connectivity index (χ3n) is 4.61. The van der Waals surface area contributed by atoms with Gasteiger partial charge in [0.2, 0.25) is 10.0 Å². The van der Waals surface area contributed by atoms with Gasteiger partial charge in [0.15, 0.2) is 0 Å². The molecule has 140 valence electrons. The number of para-hydroxylation sites is 1. The van der Waals surface area contributed by atoms with Crippen molar-refractivity contribution in [2.24, 2.45) is 0 Å². The quantitative estimate of drug-likeness (QED) is 0.731. The molecule has 0 saturated carbocycles. The van der Waals surface area contributed by atoms with Crippen LogP contribution < -0.4 is 9.62 Å². The molecule has 0 radical (unpaired) electrons. The fourth-order valence-corrected chi connectivity index (χ4v) is 3.47. The van der Waals surface area contributed by atoms with E-state index in [0.717, 1.165) is 26.9 Å². The van der Waals surface area contributed by atoms with Crippen molar-refractivity contribution in [3.8, 4) is 0 Å². The summed E-state index contributed by atoms with van der Waals surface area (Å²) in [7, 11) is -2.02. The van der Waals surface area contributed by atoms with E-state index in [-0.39, 0.29) is 11.9 Å². The summed E-state index contributed by atoms with van der Waals surface area (Å²) < 4.78 is 24.9. The molecule has 0 aliphatic rings. The molecule has 0 heterocycles. The number of anilines is 1. The minimum atomic E-state index is -3.46. The van der Waals surface area contributed by atoms with Gasteiger partial charge in [0, 0.05) is 7.05 Å². The number of amides is 1. The molecule has 3 rings (SSSR count). The van der Waals surface area contributed by atoms with Gasteiger partial charge in [-0.15, -0.1) is 0 Å². The van der Waals surface area contributed by atoms with E-state index in [1.165, 1.54) is 7.05 Å². The van der Waals surface area contributed by atoms with Gasteiger partial charge in [0.05, 0.1) is 23.5 Å². The molecule has 1 atom stereocenters. The molecule has 0 saturated heterocycles. The first kappa shape index (κ1) is 18.9. The maximum atomic E-state index is 12.8. The van der Waals surface area contributed by atoms with E-state index in [1.54, 1.807) is 24.3 Å². The minimum absolute atomic E-state index is 0.223. The molecule has 5 nitrogen and oxygen atoms in total. The lowest BCUT2D eigenvalue weighted by Crippen LogP contribution is -2.31. The number of rotatable bonds is 5. The number of sulfonamides is 1. The Morgan fingerprint density at radius 1 is 0.963 bits per heavy atom. The van der Waals surface area contributed by atoms with Crippen LogP contribution in [0.15, 0.2) is 66.7 Å². The van der Waals surface area contributed by atoms with Gasteiger partial charge in [-0.2, -0.15) is 0 Å².